The van der Waals surface area contributed by atoms with E-state index in [0.717, 1.165) is 52.8 Å². The Kier molecular flexibility index (Phi) is 7.71. The molecule has 0 unspecified atom stereocenters. The van der Waals surface area contributed by atoms with E-state index in [4.69, 9.17) is 0 Å². The second kappa shape index (κ2) is 12.4. The average molecular weight is 597 g/mol. The van der Waals surface area contributed by atoms with E-state index in [9.17, 15) is 4.79 Å². The zero-order chi connectivity index (χ0) is 30.6. The van der Waals surface area contributed by atoms with E-state index >= 15 is 0 Å². The third-order valence-corrected chi connectivity index (χ3v) is 7.81. The Bertz CT molecular complexity index is 2080. The fraction of sp³-hybridized carbons (Fsp3) is 0.176. The van der Waals surface area contributed by atoms with Crippen LogP contribution in [0.1, 0.15) is 40.5 Å². The fourth-order valence-electron chi connectivity index (χ4n) is 5.64. The quantitative estimate of drug-likeness (QED) is 0.191. The van der Waals surface area contributed by atoms with Crippen LogP contribution in [0.15, 0.2) is 104 Å². The van der Waals surface area contributed by atoms with Crippen LogP contribution in [0.3, 0.4) is 0 Å². The Morgan fingerprint density at radius 2 is 1.91 bits per heavy atom. The largest absolute Gasteiger partial charge is 0.338 e. The zero-order valence-electron chi connectivity index (χ0n) is 24.8. The number of imidazole rings is 1. The highest BCUT2D eigenvalue weighted by molar-refractivity contribution is 6.07. The summed E-state index contributed by atoms with van der Waals surface area (Å²) < 4.78 is 5.75. The third-order valence-electron chi connectivity index (χ3n) is 7.81. The van der Waals surface area contributed by atoms with Gasteiger partial charge in [0.25, 0.3) is 5.91 Å². The molecule has 7 rings (SSSR count). The number of aromatic nitrogens is 8. The molecule has 0 bridgehead atoms. The molecular formula is C34H32N10O. The maximum absolute atomic E-state index is 13.5. The normalized spacial score (nSPS) is 11.3. The molecule has 1 amide bonds. The second-order valence-corrected chi connectivity index (χ2v) is 10.8. The van der Waals surface area contributed by atoms with Crippen LogP contribution >= 0.6 is 0 Å². The van der Waals surface area contributed by atoms with E-state index < -0.39 is 0 Å². The van der Waals surface area contributed by atoms with Crippen LogP contribution in [0.4, 0.5) is 17.3 Å². The van der Waals surface area contributed by atoms with Crippen molar-refractivity contribution in [2.24, 2.45) is 0 Å². The summed E-state index contributed by atoms with van der Waals surface area (Å²) in [6.07, 6.45) is 13.0. The smallest absolute Gasteiger partial charge is 0.258 e. The number of rotatable bonds is 11. The van der Waals surface area contributed by atoms with Crippen LogP contribution in [0.2, 0.25) is 0 Å². The molecule has 0 atom stereocenters. The standard InChI is InChI=1S/C34H32N10O/c1-2-28-29(34(45)41-31-12-6-10-26(39-31)11-7-16-42-17-15-35-23-42)21-44-32(28)33(36-22-38-44)40-27-13-14-30-25(18-27)19-37-43(30)20-24-8-4-3-5-9-24/h3-6,8-10,12-15,17-19,21-23H,2,7,11,16,20H2,1H3,(H,36,38,40)(H,39,41,45). The molecule has 2 aromatic carbocycles. The van der Waals surface area contributed by atoms with E-state index in [2.05, 4.69) is 60.0 Å². The summed E-state index contributed by atoms with van der Waals surface area (Å²) in [5.74, 6) is 0.900. The summed E-state index contributed by atoms with van der Waals surface area (Å²) >= 11 is 0. The molecule has 2 N–H and O–H groups in total. The molecule has 45 heavy (non-hydrogen) atoms. The minimum absolute atomic E-state index is 0.237. The Labute approximate surface area is 259 Å². The van der Waals surface area contributed by atoms with Crippen molar-refractivity contribution in [2.75, 3.05) is 10.6 Å². The first kappa shape index (κ1) is 28.0. The number of amides is 1. The van der Waals surface area contributed by atoms with Crippen LogP contribution < -0.4 is 10.6 Å². The molecule has 5 heterocycles. The minimum atomic E-state index is -0.237. The van der Waals surface area contributed by atoms with Gasteiger partial charge in [-0.1, -0.05) is 43.3 Å². The number of pyridine rings is 1. The summed E-state index contributed by atoms with van der Waals surface area (Å²) in [5.41, 5.74) is 6.17. The van der Waals surface area contributed by atoms with Gasteiger partial charge in [0.1, 0.15) is 17.7 Å². The van der Waals surface area contributed by atoms with E-state index in [-0.39, 0.29) is 5.91 Å². The molecule has 0 saturated carbocycles. The van der Waals surface area contributed by atoms with Crippen molar-refractivity contribution in [2.45, 2.75) is 39.3 Å². The molecule has 0 aliphatic heterocycles. The van der Waals surface area contributed by atoms with Crippen molar-refractivity contribution in [3.63, 3.8) is 0 Å². The summed E-state index contributed by atoms with van der Waals surface area (Å²) in [7, 11) is 0. The lowest BCUT2D eigenvalue weighted by Gasteiger charge is -2.10. The number of carbonyl (C=O) groups is 1. The molecule has 0 aliphatic rings. The number of hydrogen-bond donors (Lipinski definition) is 2. The predicted molar refractivity (Wildman–Crippen MR) is 174 cm³/mol. The lowest BCUT2D eigenvalue weighted by atomic mass is 10.1. The van der Waals surface area contributed by atoms with Crippen molar-refractivity contribution in [1.29, 1.82) is 0 Å². The van der Waals surface area contributed by atoms with Gasteiger partial charge in [0.15, 0.2) is 5.82 Å². The fourth-order valence-corrected chi connectivity index (χ4v) is 5.64. The van der Waals surface area contributed by atoms with Crippen molar-refractivity contribution < 1.29 is 4.79 Å². The number of benzene rings is 2. The topological polar surface area (TPSA) is 120 Å². The van der Waals surface area contributed by atoms with E-state index in [1.54, 1.807) is 16.9 Å². The van der Waals surface area contributed by atoms with Crippen LogP contribution in [-0.2, 0) is 25.9 Å². The number of aryl methyl sites for hydroxylation is 3. The number of hydrogen-bond acceptors (Lipinski definition) is 7. The van der Waals surface area contributed by atoms with Gasteiger partial charge in [-0.3, -0.25) is 9.48 Å². The average Bonchev–Trinajstić information content (AvgIpc) is 3.81. The first-order chi connectivity index (χ1) is 22.1. The number of carbonyl (C=O) groups excluding carboxylic acids is 1. The van der Waals surface area contributed by atoms with Crippen LogP contribution in [0.25, 0.3) is 16.4 Å². The van der Waals surface area contributed by atoms with Gasteiger partial charge in [0.2, 0.25) is 0 Å². The Hall–Kier alpha value is -5.84. The molecule has 0 aliphatic carbocycles. The Morgan fingerprint density at radius 3 is 2.76 bits per heavy atom. The first-order valence-electron chi connectivity index (χ1n) is 15.0. The number of anilines is 3. The molecule has 224 valence electrons. The van der Waals surface area contributed by atoms with Crippen molar-refractivity contribution >= 4 is 39.6 Å². The number of fused-ring (bicyclic) bond motifs is 2. The highest BCUT2D eigenvalue weighted by atomic mass is 16.1. The third kappa shape index (κ3) is 6.00. The lowest BCUT2D eigenvalue weighted by molar-refractivity contribution is 0.102. The van der Waals surface area contributed by atoms with Gasteiger partial charge in [0, 0.05) is 41.9 Å². The molecule has 0 radical (unpaired) electrons. The van der Waals surface area contributed by atoms with Crippen molar-refractivity contribution in [3.8, 4) is 0 Å². The predicted octanol–water partition coefficient (Wildman–Crippen LogP) is 5.91. The molecule has 0 fully saturated rings. The summed E-state index contributed by atoms with van der Waals surface area (Å²) in [5, 5.41) is 16.5. The van der Waals surface area contributed by atoms with E-state index in [1.165, 1.54) is 11.9 Å². The lowest BCUT2D eigenvalue weighted by Crippen LogP contribution is -2.14. The minimum Gasteiger partial charge on any atom is -0.338 e. The summed E-state index contributed by atoms with van der Waals surface area (Å²) in [4.78, 5) is 26.9. The van der Waals surface area contributed by atoms with Gasteiger partial charge >= 0.3 is 0 Å². The number of nitrogens with one attached hydrogen (secondary N) is 2. The maximum atomic E-state index is 13.5. The molecule has 11 heteroatoms. The Balaban J connectivity index is 1.09. The van der Waals surface area contributed by atoms with E-state index in [0.29, 0.717) is 30.2 Å². The van der Waals surface area contributed by atoms with Gasteiger partial charge in [0.05, 0.1) is 30.1 Å². The monoisotopic (exact) mass is 596 g/mol. The summed E-state index contributed by atoms with van der Waals surface area (Å²) in [6, 6.07) is 22.1. The number of nitrogens with zero attached hydrogens (tertiary/aromatic N) is 8. The highest BCUT2D eigenvalue weighted by Gasteiger charge is 2.20. The van der Waals surface area contributed by atoms with Crippen molar-refractivity contribution in [3.05, 3.63) is 127 Å². The molecule has 0 spiro atoms. The molecule has 7 aromatic rings. The van der Waals surface area contributed by atoms with Crippen LogP contribution in [0.5, 0.6) is 0 Å². The van der Waals surface area contributed by atoms with E-state index in [1.807, 2.05) is 77.4 Å². The molecule has 11 nitrogen and oxygen atoms in total. The van der Waals surface area contributed by atoms with Gasteiger partial charge in [-0.25, -0.2) is 19.5 Å². The van der Waals surface area contributed by atoms with Gasteiger partial charge in [-0.15, -0.1) is 0 Å². The molecule has 0 saturated heterocycles. The molecule has 5 aromatic heterocycles. The molecular weight excluding hydrogens is 564 g/mol. The SMILES string of the molecule is CCc1c(C(=O)Nc2cccc(CCCn3ccnc3)n2)cn2ncnc(Nc3ccc4c(cnn4Cc4ccccc4)c3)c12. The Morgan fingerprint density at radius 1 is 1.00 bits per heavy atom. The first-order valence-corrected chi connectivity index (χ1v) is 15.0. The van der Waals surface area contributed by atoms with Crippen molar-refractivity contribution in [1.82, 2.24) is 38.9 Å². The van der Waals surface area contributed by atoms with Gasteiger partial charge < -0.3 is 15.2 Å². The van der Waals surface area contributed by atoms with Crippen LogP contribution in [-0.4, -0.2) is 44.8 Å². The zero-order valence-corrected chi connectivity index (χ0v) is 24.8. The summed E-state index contributed by atoms with van der Waals surface area (Å²) in [6.45, 7) is 3.58. The van der Waals surface area contributed by atoms with Crippen LogP contribution in [0, 0.1) is 0 Å². The van der Waals surface area contributed by atoms with Gasteiger partial charge in [-0.2, -0.15) is 10.2 Å². The van der Waals surface area contributed by atoms with Gasteiger partial charge in [-0.05, 0) is 60.7 Å². The maximum Gasteiger partial charge on any atom is 0.258 e. The highest BCUT2D eigenvalue weighted by Crippen LogP contribution is 2.29. The second-order valence-electron chi connectivity index (χ2n) is 10.8.